The Labute approximate surface area is 166 Å². The second kappa shape index (κ2) is 6.16. The lowest BCUT2D eigenvalue weighted by atomic mass is 9.40. The Bertz CT molecular complexity index is 749. The summed E-state index contributed by atoms with van der Waals surface area (Å²) < 4.78 is 11.5. The lowest BCUT2D eigenvalue weighted by Crippen LogP contribution is -2.57. The predicted molar refractivity (Wildman–Crippen MR) is 112 cm³/mol. The van der Waals surface area contributed by atoms with Gasteiger partial charge in [0, 0.05) is 5.56 Å². The minimum Gasteiger partial charge on any atom is -0.493 e. The summed E-state index contributed by atoms with van der Waals surface area (Å²) in [6.07, 6.45) is 9.29. The number of ether oxygens (including phenoxy) is 2. The predicted octanol–water partition coefficient (Wildman–Crippen LogP) is 6.46. The molecule has 0 heterocycles. The summed E-state index contributed by atoms with van der Waals surface area (Å²) in [4.78, 5) is 0. The molecule has 0 amide bonds. The fourth-order valence-electron chi connectivity index (χ4n) is 8.13. The molecule has 150 valence electrons. The largest absolute Gasteiger partial charge is 0.493 e. The lowest BCUT2D eigenvalue weighted by molar-refractivity contribution is -0.110. The van der Waals surface area contributed by atoms with Gasteiger partial charge in [-0.15, -0.1) is 0 Å². The van der Waals surface area contributed by atoms with Crippen LogP contribution in [0.15, 0.2) is 6.07 Å². The SMILES string of the molecule is COc1cc(C)c2c(c1OC)CC[C@H]1[C@@]2(C)CCC2C(C)(C)CCC[C@@]21C. The summed E-state index contributed by atoms with van der Waals surface area (Å²) >= 11 is 0. The van der Waals surface area contributed by atoms with Crippen LogP contribution in [0.25, 0.3) is 0 Å². The van der Waals surface area contributed by atoms with E-state index in [1.165, 1.54) is 49.7 Å². The zero-order chi connectivity index (χ0) is 19.6. The Morgan fingerprint density at radius 1 is 0.926 bits per heavy atom. The molecule has 27 heavy (non-hydrogen) atoms. The van der Waals surface area contributed by atoms with Gasteiger partial charge in [-0.2, -0.15) is 0 Å². The number of benzene rings is 1. The van der Waals surface area contributed by atoms with Crippen LogP contribution < -0.4 is 9.47 Å². The van der Waals surface area contributed by atoms with Crippen molar-refractivity contribution in [2.45, 2.75) is 85.0 Å². The van der Waals surface area contributed by atoms with E-state index in [4.69, 9.17) is 9.47 Å². The maximum atomic E-state index is 5.85. The fraction of sp³-hybridized carbons (Fsp3) is 0.760. The van der Waals surface area contributed by atoms with Gasteiger partial charge in [0.1, 0.15) is 0 Å². The van der Waals surface area contributed by atoms with Gasteiger partial charge in [0.05, 0.1) is 14.2 Å². The Balaban J connectivity index is 1.86. The number of hydrogen-bond acceptors (Lipinski definition) is 2. The van der Waals surface area contributed by atoms with Crippen LogP contribution in [0, 0.1) is 29.6 Å². The Hall–Kier alpha value is -1.18. The van der Waals surface area contributed by atoms with Gasteiger partial charge in [-0.05, 0) is 90.7 Å². The van der Waals surface area contributed by atoms with Gasteiger partial charge in [-0.1, -0.05) is 34.1 Å². The highest BCUT2D eigenvalue weighted by molar-refractivity contribution is 5.58. The third kappa shape index (κ3) is 2.51. The van der Waals surface area contributed by atoms with Gasteiger partial charge >= 0.3 is 0 Å². The maximum Gasteiger partial charge on any atom is 0.164 e. The smallest absolute Gasteiger partial charge is 0.164 e. The molecule has 2 nitrogen and oxygen atoms in total. The molecule has 0 radical (unpaired) electrons. The number of fused-ring (bicyclic) bond motifs is 5. The van der Waals surface area contributed by atoms with Gasteiger partial charge < -0.3 is 9.47 Å². The van der Waals surface area contributed by atoms with Gasteiger partial charge in [-0.25, -0.2) is 0 Å². The first kappa shape index (κ1) is 19.2. The van der Waals surface area contributed by atoms with Crippen LogP contribution in [-0.4, -0.2) is 14.2 Å². The summed E-state index contributed by atoms with van der Waals surface area (Å²) in [5.41, 5.74) is 5.61. The van der Waals surface area contributed by atoms with Crippen molar-refractivity contribution in [3.8, 4) is 11.5 Å². The first-order valence-corrected chi connectivity index (χ1v) is 10.9. The van der Waals surface area contributed by atoms with Crippen LogP contribution in [0.4, 0.5) is 0 Å². The molecule has 0 bridgehead atoms. The lowest BCUT2D eigenvalue weighted by Gasteiger charge is -2.64. The van der Waals surface area contributed by atoms with E-state index in [1.54, 1.807) is 19.8 Å². The van der Waals surface area contributed by atoms with Crippen LogP contribution >= 0.6 is 0 Å². The summed E-state index contributed by atoms with van der Waals surface area (Å²) in [7, 11) is 3.55. The highest BCUT2D eigenvalue weighted by Gasteiger charge is 2.60. The molecule has 3 aliphatic carbocycles. The van der Waals surface area contributed by atoms with E-state index in [1.807, 2.05) is 0 Å². The molecule has 1 aromatic carbocycles. The molecule has 0 aliphatic heterocycles. The molecule has 2 heteroatoms. The van der Waals surface area contributed by atoms with Crippen molar-refractivity contribution in [2.24, 2.45) is 22.7 Å². The molecule has 0 N–H and O–H groups in total. The third-order valence-electron chi connectivity index (χ3n) is 9.01. The van der Waals surface area contributed by atoms with Gasteiger partial charge in [-0.3, -0.25) is 0 Å². The minimum absolute atomic E-state index is 0.260. The molecule has 4 rings (SSSR count). The Morgan fingerprint density at radius 3 is 2.33 bits per heavy atom. The first-order chi connectivity index (χ1) is 12.7. The average molecular weight is 371 g/mol. The molecule has 0 aromatic heterocycles. The Morgan fingerprint density at radius 2 is 1.67 bits per heavy atom. The second-order valence-corrected chi connectivity index (χ2v) is 10.7. The van der Waals surface area contributed by atoms with E-state index in [9.17, 15) is 0 Å². The molecule has 0 spiro atoms. The monoisotopic (exact) mass is 370 g/mol. The summed E-state index contributed by atoms with van der Waals surface area (Å²) in [6, 6.07) is 2.21. The highest BCUT2D eigenvalue weighted by atomic mass is 16.5. The van der Waals surface area contributed by atoms with E-state index < -0.39 is 0 Å². The summed E-state index contributed by atoms with van der Waals surface area (Å²) in [6.45, 7) is 12.6. The molecule has 1 aromatic rings. The van der Waals surface area contributed by atoms with E-state index in [0.29, 0.717) is 10.8 Å². The first-order valence-electron chi connectivity index (χ1n) is 10.9. The van der Waals surface area contributed by atoms with Crippen molar-refractivity contribution in [1.82, 2.24) is 0 Å². The normalized spacial score (nSPS) is 37.0. The van der Waals surface area contributed by atoms with Crippen molar-refractivity contribution in [3.63, 3.8) is 0 Å². The van der Waals surface area contributed by atoms with Crippen LogP contribution in [-0.2, 0) is 11.8 Å². The topological polar surface area (TPSA) is 18.5 Å². The zero-order valence-electron chi connectivity index (χ0n) is 18.5. The maximum absolute atomic E-state index is 5.85. The molecule has 1 unspecified atom stereocenters. The summed E-state index contributed by atoms with van der Waals surface area (Å²) in [5, 5.41) is 0. The number of hydrogen-bond donors (Lipinski definition) is 0. The minimum atomic E-state index is 0.260. The number of aryl methyl sites for hydroxylation is 1. The van der Waals surface area contributed by atoms with Gasteiger partial charge in [0.25, 0.3) is 0 Å². The molecule has 2 fully saturated rings. The Kier molecular flexibility index (Phi) is 4.37. The van der Waals surface area contributed by atoms with Crippen molar-refractivity contribution >= 4 is 0 Å². The van der Waals surface area contributed by atoms with E-state index in [0.717, 1.165) is 29.8 Å². The quantitative estimate of drug-likeness (QED) is 0.595. The van der Waals surface area contributed by atoms with Gasteiger partial charge in [0.15, 0.2) is 11.5 Å². The van der Waals surface area contributed by atoms with Crippen molar-refractivity contribution < 1.29 is 9.47 Å². The highest BCUT2D eigenvalue weighted by Crippen LogP contribution is 2.67. The van der Waals surface area contributed by atoms with Crippen molar-refractivity contribution in [3.05, 3.63) is 22.8 Å². The fourth-order valence-corrected chi connectivity index (χ4v) is 8.13. The van der Waals surface area contributed by atoms with Gasteiger partial charge in [0.2, 0.25) is 0 Å². The molecular weight excluding hydrogens is 332 g/mol. The van der Waals surface area contributed by atoms with Crippen LogP contribution in [0.1, 0.15) is 82.9 Å². The van der Waals surface area contributed by atoms with Crippen LogP contribution in [0.2, 0.25) is 0 Å². The molecule has 3 aliphatic rings. The average Bonchev–Trinajstić information content (AvgIpc) is 2.59. The molecular formula is C25H38O2. The van der Waals surface area contributed by atoms with Crippen LogP contribution in [0.3, 0.4) is 0 Å². The van der Waals surface area contributed by atoms with Crippen molar-refractivity contribution in [1.29, 1.82) is 0 Å². The molecule has 2 saturated carbocycles. The number of methoxy groups -OCH3 is 2. The van der Waals surface area contributed by atoms with Crippen molar-refractivity contribution in [2.75, 3.05) is 14.2 Å². The molecule has 4 atom stereocenters. The third-order valence-corrected chi connectivity index (χ3v) is 9.01. The summed E-state index contributed by atoms with van der Waals surface area (Å²) in [5.74, 6) is 3.51. The standard InChI is InChI=1S/C25H38O2/c1-16-15-18(26-6)22(27-7)17-9-10-20-24(4)13-8-12-23(2,3)19(24)11-14-25(20,5)21(16)17/h15,19-20H,8-14H2,1-7H3/t19?,20-,24+,25-/m1/s1. The zero-order valence-corrected chi connectivity index (χ0v) is 18.5. The van der Waals surface area contributed by atoms with Crippen LogP contribution in [0.5, 0.6) is 11.5 Å². The van der Waals surface area contributed by atoms with E-state index in [2.05, 4.69) is 40.7 Å². The van der Waals surface area contributed by atoms with E-state index in [-0.39, 0.29) is 5.41 Å². The number of rotatable bonds is 2. The molecule has 0 saturated heterocycles. The second-order valence-electron chi connectivity index (χ2n) is 10.7. The van der Waals surface area contributed by atoms with E-state index >= 15 is 0 Å².